The smallest absolute Gasteiger partial charge is 0.0857 e. The molecular weight excluding hydrogens is 276 g/mol. The van der Waals surface area contributed by atoms with Gasteiger partial charge in [-0.1, -0.05) is 45.8 Å². The van der Waals surface area contributed by atoms with Gasteiger partial charge in [-0.15, -0.1) is 0 Å². The van der Waals surface area contributed by atoms with E-state index in [0.29, 0.717) is 0 Å². The summed E-state index contributed by atoms with van der Waals surface area (Å²) in [4.78, 5) is 0. The van der Waals surface area contributed by atoms with E-state index in [1.807, 2.05) is 48.5 Å². The fourth-order valence-corrected chi connectivity index (χ4v) is 1.75. The molecule has 2 aromatic rings. The molecule has 0 aliphatic carbocycles. The highest BCUT2D eigenvalue weighted by molar-refractivity contribution is 9.08. The van der Waals surface area contributed by atoms with Crippen LogP contribution in [-0.4, -0.2) is 0 Å². The van der Waals surface area contributed by atoms with Crippen molar-refractivity contribution in [2.75, 3.05) is 0 Å². The molecule has 0 saturated heterocycles. The van der Waals surface area contributed by atoms with Gasteiger partial charge in [-0.3, -0.25) is 0 Å². The number of azo groups is 1. The summed E-state index contributed by atoms with van der Waals surface area (Å²) in [5.41, 5.74) is 4.21. The van der Waals surface area contributed by atoms with Crippen LogP contribution in [0, 0.1) is 6.92 Å². The average Bonchev–Trinajstić information content (AvgIpc) is 2.39. The third kappa shape index (κ3) is 3.49. The Hall–Kier alpha value is -1.48. The molecule has 2 rings (SSSR count). The second kappa shape index (κ2) is 5.73. The van der Waals surface area contributed by atoms with Crippen molar-refractivity contribution < 1.29 is 0 Å². The zero-order valence-electron chi connectivity index (χ0n) is 9.60. The maximum absolute atomic E-state index is 4.19. The first-order chi connectivity index (χ1) is 8.28. The molecule has 0 fully saturated rings. The fourth-order valence-electron chi connectivity index (χ4n) is 1.38. The van der Waals surface area contributed by atoms with E-state index in [0.717, 1.165) is 16.7 Å². The molecule has 17 heavy (non-hydrogen) atoms. The Morgan fingerprint density at radius 1 is 0.824 bits per heavy atom. The van der Waals surface area contributed by atoms with Gasteiger partial charge >= 0.3 is 0 Å². The summed E-state index contributed by atoms with van der Waals surface area (Å²) in [6.07, 6.45) is 0. The highest BCUT2D eigenvalue weighted by atomic mass is 79.9. The maximum atomic E-state index is 4.19. The van der Waals surface area contributed by atoms with Crippen LogP contribution < -0.4 is 0 Å². The Bertz CT molecular complexity index is 501. The van der Waals surface area contributed by atoms with Gasteiger partial charge in [0.2, 0.25) is 0 Å². The van der Waals surface area contributed by atoms with E-state index in [2.05, 4.69) is 33.1 Å². The SMILES string of the molecule is Cc1ccc(N=Nc2ccc(CBr)cc2)cc1. The minimum Gasteiger partial charge on any atom is -0.151 e. The molecule has 0 amide bonds. The molecule has 0 radical (unpaired) electrons. The molecule has 0 heterocycles. The molecule has 0 N–H and O–H groups in total. The number of aryl methyl sites for hydroxylation is 1. The van der Waals surface area contributed by atoms with Crippen molar-refractivity contribution in [3.8, 4) is 0 Å². The van der Waals surface area contributed by atoms with Crippen LogP contribution in [0.3, 0.4) is 0 Å². The number of nitrogens with zero attached hydrogens (tertiary/aromatic N) is 2. The van der Waals surface area contributed by atoms with Crippen molar-refractivity contribution in [1.82, 2.24) is 0 Å². The maximum Gasteiger partial charge on any atom is 0.0857 e. The van der Waals surface area contributed by atoms with Gasteiger partial charge in [0, 0.05) is 5.33 Å². The molecule has 0 unspecified atom stereocenters. The zero-order valence-corrected chi connectivity index (χ0v) is 11.2. The summed E-state index contributed by atoms with van der Waals surface area (Å²) in [6.45, 7) is 2.06. The van der Waals surface area contributed by atoms with E-state index < -0.39 is 0 Å². The van der Waals surface area contributed by atoms with Gasteiger partial charge in [0.1, 0.15) is 0 Å². The van der Waals surface area contributed by atoms with Crippen molar-refractivity contribution in [2.24, 2.45) is 10.2 Å². The molecule has 2 nitrogen and oxygen atoms in total. The first-order valence-electron chi connectivity index (χ1n) is 5.41. The molecule has 0 aliphatic rings. The minimum absolute atomic E-state index is 0.863. The average molecular weight is 289 g/mol. The lowest BCUT2D eigenvalue weighted by atomic mass is 10.2. The number of halogens is 1. The molecule has 0 bridgehead atoms. The lowest BCUT2D eigenvalue weighted by Gasteiger charge is -1.96. The van der Waals surface area contributed by atoms with E-state index in [1.54, 1.807) is 0 Å². The standard InChI is InChI=1S/C14H13BrN2/c1-11-2-6-13(7-3-11)16-17-14-8-4-12(10-15)5-9-14/h2-9H,10H2,1H3. The summed E-state index contributed by atoms with van der Waals surface area (Å²) in [5, 5.41) is 9.24. The summed E-state index contributed by atoms with van der Waals surface area (Å²) < 4.78 is 0. The van der Waals surface area contributed by atoms with Crippen LogP contribution in [-0.2, 0) is 5.33 Å². The first kappa shape index (κ1) is 12.0. The highest BCUT2D eigenvalue weighted by Gasteiger charge is 1.92. The van der Waals surface area contributed by atoms with E-state index in [1.165, 1.54) is 11.1 Å². The van der Waals surface area contributed by atoms with Crippen molar-refractivity contribution in [1.29, 1.82) is 0 Å². The predicted octanol–water partition coefficient (Wildman–Crippen LogP) is 5.31. The van der Waals surface area contributed by atoms with E-state index in [4.69, 9.17) is 0 Å². The molecule has 86 valence electrons. The van der Waals surface area contributed by atoms with E-state index in [9.17, 15) is 0 Å². The molecule has 0 spiro atoms. The fraction of sp³-hybridized carbons (Fsp3) is 0.143. The van der Waals surface area contributed by atoms with Crippen LogP contribution >= 0.6 is 15.9 Å². The van der Waals surface area contributed by atoms with Crippen molar-refractivity contribution >= 4 is 27.3 Å². The lowest BCUT2D eigenvalue weighted by Crippen LogP contribution is -1.73. The molecular formula is C14H13BrN2. The monoisotopic (exact) mass is 288 g/mol. The molecule has 0 aromatic heterocycles. The van der Waals surface area contributed by atoms with Crippen molar-refractivity contribution in [3.63, 3.8) is 0 Å². The second-order valence-electron chi connectivity index (χ2n) is 3.84. The van der Waals surface area contributed by atoms with Gasteiger partial charge in [0.25, 0.3) is 0 Å². The van der Waals surface area contributed by atoms with Gasteiger partial charge < -0.3 is 0 Å². The van der Waals surface area contributed by atoms with Crippen LogP contribution in [0.2, 0.25) is 0 Å². The topological polar surface area (TPSA) is 24.7 Å². The number of alkyl halides is 1. The third-order valence-corrected chi connectivity index (χ3v) is 3.05. The summed E-state index contributed by atoms with van der Waals surface area (Å²) in [6, 6.07) is 16.0. The molecule has 3 heteroatoms. The van der Waals surface area contributed by atoms with Gasteiger partial charge in [0.05, 0.1) is 11.4 Å². The largest absolute Gasteiger partial charge is 0.151 e. The Morgan fingerprint density at radius 3 is 1.76 bits per heavy atom. The number of hydrogen-bond donors (Lipinski definition) is 0. The lowest BCUT2D eigenvalue weighted by molar-refractivity contribution is 1.22. The summed E-state index contributed by atoms with van der Waals surface area (Å²) >= 11 is 3.41. The zero-order chi connectivity index (χ0) is 12.1. The first-order valence-corrected chi connectivity index (χ1v) is 6.53. The van der Waals surface area contributed by atoms with E-state index in [-0.39, 0.29) is 0 Å². The van der Waals surface area contributed by atoms with Crippen LogP contribution in [0.15, 0.2) is 58.8 Å². The Labute approximate surface area is 110 Å². The number of hydrogen-bond acceptors (Lipinski definition) is 2. The molecule has 0 aliphatic heterocycles. The van der Waals surface area contributed by atoms with E-state index >= 15 is 0 Å². The molecule has 2 aromatic carbocycles. The molecule has 0 saturated carbocycles. The van der Waals surface area contributed by atoms with Gasteiger partial charge in [-0.2, -0.15) is 10.2 Å². The van der Waals surface area contributed by atoms with Crippen LogP contribution in [0.25, 0.3) is 0 Å². The van der Waals surface area contributed by atoms with Crippen molar-refractivity contribution in [3.05, 3.63) is 59.7 Å². The van der Waals surface area contributed by atoms with Gasteiger partial charge in [-0.05, 0) is 36.8 Å². The Morgan fingerprint density at radius 2 is 1.29 bits per heavy atom. The van der Waals surface area contributed by atoms with Gasteiger partial charge in [-0.25, -0.2) is 0 Å². The highest BCUT2D eigenvalue weighted by Crippen LogP contribution is 2.19. The predicted molar refractivity (Wildman–Crippen MR) is 74.4 cm³/mol. The quantitative estimate of drug-likeness (QED) is 0.540. The summed E-state index contributed by atoms with van der Waals surface area (Å²) in [7, 11) is 0. The molecule has 0 atom stereocenters. The number of benzene rings is 2. The van der Waals surface area contributed by atoms with Crippen molar-refractivity contribution in [2.45, 2.75) is 12.3 Å². The Kier molecular flexibility index (Phi) is 4.04. The summed E-state index contributed by atoms with van der Waals surface area (Å²) in [5.74, 6) is 0. The van der Waals surface area contributed by atoms with Crippen LogP contribution in [0.4, 0.5) is 11.4 Å². The Balaban J connectivity index is 2.11. The minimum atomic E-state index is 0.863. The van der Waals surface area contributed by atoms with Crippen LogP contribution in [0.1, 0.15) is 11.1 Å². The third-order valence-electron chi connectivity index (χ3n) is 2.41. The second-order valence-corrected chi connectivity index (χ2v) is 4.40. The number of rotatable bonds is 3. The van der Waals surface area contributed by atoms with Crippen LogP contribution in [0.5, 0.6) is 0 Å². The normalized spacial score (nSPS) is 10.9. The van der Waals surface area contributed by atoms with Gasteiger partial charge in [0.15, 0.2) is 0 Å².